The van der Waals surface area contributed by atoms with E-state index >= 15 is 0 Å². The normalized spacial score (nSPS) is 39.4. The average Bonchev–Trinajstić information content (AvgIpc) is 2.71. The molecule has 2 aliphatic heterocycles. The Labute approximate surface area is 118 Å². The standard InChI is InChI=1S/C15H28O3Si/c1-8-15(5)9-11(13-16-10-12(15)17-13)18-19(6,7)14(2,3)4/h8,11-13H,1,9-10H2,2-7H3/t11-,12+,13+,15-/m0/s1. The quantitative estimate of drug-likeness (QED) is 0.584. The van der Waals surface area contributed by atoms with Crippen molar-refractivity contribution in [3.63, 3.8) is 0 Å². The van der Waals surface area contributed by atoms with Crippen molar-refractivity contribution in [3.05, 3.63) is 12.7 Å². The molecule has 4 heteroatoms. The Morgan fingerprint density at radius 1 is 1.37 bits per heavy atom. The van der Waals surface area contributed by atoms with Crippen molar-refractivity contribution in [2.45, 2.75) is 70.7 Å². The van der Waals surface area contributed by atoms with Crippen molar-refractivity contribution in [2.24, 2.45) is 5.41 Å². The molecule has 19 heavy (non-hydrogen) atoms. The van der Waals surface area contributed by atoms with Gasteiger partial charge in [0.25, 0.3) is 0 Å². The third-order valence-electron chi connectivity index (χ3n) is 5.11. The van der Waals surface area contributed by atoms with Gasteiger partial charge in [0.05, 0.1) is 18.8 Å². The van der Waals surface area contributed by atoms with Gasteiger partial charge in [-0.25, -0.2) is 0 Å². The lowest BCUT2D eigenvalue weighted by atomic mass is 9.78. The van der Waals surface area contributed by atoms with E-state index in [1.54, 1.807) is 0 Å². The molecule has 0 radical (unpaired) electrons. The molecule has 4 atom stereocenters. The Balaban J connectivity index is 2.15. The van der Waals surface area contributed by atoms with E-state index in [4.69, 9.17) is 13.9 Å². The zero-order valence-corrected chi connectivity index (χ0v) is 14.2. The van der Waals surface area contributed by atoms with Gasteiger partial charge in [0, 0.05) is 5.41 Å². The Kier molecular flexibility index (Phi) is 3.76. The molecule has 0 aromatic carbocycles. The molecule has 2 bridgehead atoms. The first-order valence-electron chi connectivity index (χ1n) is 7.17. The topological polar surface area (TPSA) is 27.7 Å². The van der Waals surface area contributed by atoms with Crippen molar-refractivity contribution in [3.8, 4) is 0 Å². The first-order valence-corrected chi connectivity index (χ1v) is 10.1. The van der Waals surface area contributed by atoms with Crippen molar-refractivity contribution < 1.29 is 13.9 Å². The second kappa shape index (κ2) is 4.69. The third kappa shape index (κ3) is 2.68. The maximum Gasteiger partial charge on any atom is 0.192 e. The van der Waals surface area contributed by atoms with Gasteiger partial charge in [0.1, 0.15) is 0 Å². The van der Waals surface area contributed by atoms with Gasteiger partial charge in [0.2, 0.25) is 0 Å². The summed E-state index contributed by atoms with van der Waals surface area (Å²) in [4.78, 5) is 0. The summed E-state index contributed by atoms with van der Waals surface area (Å²) in [6.07, 6.45) is 2.92. The van der Waals surface area contributed by atoms with Gasteiger partial charge in [-0.3, -0.25) is 0 Å². The van der Waals surface area contributed by atoms with Gasteiger partial charge in [-0.2, -0.15) is 0 Å². The summed E-state index contributed by atoms with van der Waals surface area (Å²) in [5.74, 6) is 0. The van der Waals surface area contributed by atoms with Crippen LogP contribution in [0.1, 0.15) is 34.1 Å². The largest absolute Gasteiger partial charge is 0.409 e. The van der Waals surface area contributed by atoms with Crippen LogP contribution in [-0.2, 0) is 13.9 Å². The molecule has 2 fully saturated rings. The second-order valence-electron chi connectivity index (χ2n) is 7.66. The Morgan fingerprint density at radius 3 is 2.53 bits per heavy atom. The zero-order valence-electron chi connectivity index (χ0n) is 13.2. The fourth-order valence-corrected chi connectivity index (χ4v) is 3.80. The molecule has 2 heterocycles. The molecule has 110 valence electrons. The fraction of sp³-hybridized carbons (Fsp3) is 0.867. The molecule has 2 saturated heterocycles. The van der Waals surface area contributed by atoms with Crippen LogP contribution in [0, 0.1) is 5.41 Å². The first kappa shape index (κ1) is 15.2. The minimum atomic E-state index is -1.80. The smallest absolute Gasteiger partial charge is 0.192 e. The minimum Gasteiger partial charge on any atom is -0.409 e. The van der Waals surface area contributed by atoms with E-state index in [0.29, 0.717) is 6.61 Å². The van der Waals surface area contributed by atoms with Gasteiger partial charge in [-0.1, -0.05) is 33.8 Å². The second-order valence-corrected chi connectivity index (χ2v) is 12.4. The number of ether oxygens (including phenoxy) is 2. The van der Waals surface area contributed by atoms with Crippen LogP contribution in [0.5, 0.6) is 0 Å². The minimum absolute atomic E-state index is 0.0302. The third-order valence-corrected chi connectivity index (χ3v) is 9.61. The van der Waals surface area contributed by atoms with E-state index in [2.05, 4.69) is 47.4 Å². The molecule has 3 nitrogen and oxygen atoms in total. The molecule has 0 saturated carbocycles. The predicted molar refractivity (Wildman–Crippen MR) is 79.6 cm³/mol. The zero-order chi connectivity index (χ0) is 14.5. The fourth-order valence-electron chi connectivity index (χ4n) is 2.49. The summed E-state index contributed by atoms with van der Waals surface area (Å²) in [6.45, 7) is 18.1. The molecule has 0 unspecified atom stereocenters. The van der Waals surface area contributed by atoms with Crippen LogP contribution in [0.15, 0.2) is 12.7 Å². The summed E-state index contributed by atoms with van der Waals surface area (Å²) >= 11 is 0. The highest BCUT2D eigenvalue weighted by atomic mass is 28.4. The Hall–Kier alpha value is -0.163. The average molecular weight is 284 g/mol. The van der Waals surface area contributed by atoms with E-state index in [9.17, 15) is 0 Å². The lowest BCUT2D eigenvalue weighted by Crippen LogP contribution is -2.52. The molecular weight excluding hydrogens is 256 g/mol. The predicted octanol–water partition coefficient (Wildman–Crippen LogP) is 3.71. The number of hydrogen-bond donors (Lipinski definition) is 0. The highest BCUT2D eigenvalue weighted by Gasteiger charge is 2.52. The highest BCUT2D eigenvalue weighted by Crippen LogP contribution is 2.46. The molecule has 0 aliphatic carbocycles. The number of fused-ring (bicyclic) bond motifs is 2. The number of rotatable bonds is 3. The van der Waals surface area contributed by atoms with Crippen molar-refractivity contribution in [2.75, 3.05) is 6.61 Å². The van der Waals surface area contributed by atoms with Gasteiger partial charge in [-0.15, -0.1) is 6.58 Å². The Morgan fingerprint density at radius 2 is 2.00 bits per heavy atom. The summed E-state index contributed by atoms with van der Waals surface area (Å²) in [5.41, 5.74) is -0.0416. The van der Waals surface area contributed by atoms with Crippen LogP contribution in [0.25, 0.3) is 0 Å². The molecule has 0 amide bonds. The van der Waals surface area contributed by atoms with Gasteiger partial charge >= 0.3 is 0 Å². The van der Waals surface area contributed by atoms with E-state index < -0.39 is 8.32 Å². The van der Waals surface area contributed by atoms with Crippen LogP contribution in [0.2, 0.25) is 18.1 Å². The molecule has 0 aromatic heterocycles. The van der Waals surface area contributed by atoms with E-state index in [1.807, 2.05) is 6.08 Å². The van der Waals surface area contributed by atoms with E-state index in [0.717, 1.165) is 6.42 Å². The molecular formula is C15H28O3Si. The van der Waals surface area contributed by atoms with E-state index in [1.165, 1.54) is 0 Å². The van der Waals surface area contributed by atoms with E-state index in [-0.39, 0.29) is 29.0 Å². The maximum absolute atomic E-state index is 6.51. The molecule has 2 aliphatic rings. The lowest BCUT2D eigenvalue weighted by Gasteiger charge is -2.45. The van der Waals surface area contributed by atoms with Crippen molar-refractivity contribution >= 4 is 8.32 Å². The Bertz CT molecular complexity index is 361. The number of hydrogen-bond acceptors (Lipinski definition) is 3. The summed E-state index contributed by atoms with van der Waals surface area (Å²) < 4.78 is 18.3. The highest BCUT2D eigenvalue weighted by molar-refractivity contribution is 6.74. The maximum atomic E-state index is 6.51. The molecule has 0 aromatic rings. The molecule has 2 rings (SSSR count). The van der Waals surface area contributed by atoms with Crippen LogP contribution in [0.4, 0.5) is 0 Å². The summed E-state index contributed by atoms with van der Waals surface area (Å²) in [6, 6.07) is 0. The molecule has 0 spiro atoms. The monoisotopic (exact) mass is 284 g/mol. The van der Waals surface area contributed by atoms with Crippen LogP contribution in [-0.4, -0.2) is 33.4 Å². The molecule has 0 N–H and O–H groups in total. The van der Waals surface area contributed by atoms with Crippen LogP contribution < -0.4 is 0 Å². The first-order chi connectivity index (χ1) is 8.59. The van der Waals surface area contributed by atoms with Crippen LogP contribution in [0.3, 0.4) is 0 Å². The summed E-state index contributed by atoms with van der Waals surface area (Å²) in [7, 11) is -1.80. The van der Waals surface area contributed by atoms with Gasteiger partial charge in [-0.05, 0) is 24.6 Å². The van der Waals surface area contributed by atoms with Crippen LogP contribution >= 0.6 is 0 Å². The van der Waals surface area contributed by atoms with Gasteiger partial charge in [0.15, 0.2) is 14.6 Å². The SMILES string of the molecule is C=C[C@@]1(C)C[C@H](O[Si](C)(C)C(C)(C)C)[C@@H]2OC[C@H]1O2. The lowest BCUT2D eigenvalue weighted by molar-refractivity contribution is -0.173. The van der Waals surface area contributed by atoms with Crippen molar-refractivity contribution in [1.29, 1.82) is 0 Å². The van der Waals surface area contributed by atoms with Gasteiger partial charge < -0.3 is 13.9 Å². The van der Waals surface area contributed by atoms with Crippen molar-refractivity contribution in [1.82, 2.24) is 0 Å². The summed E-state index contributed by atoms with van der Waals surface area (Å²) in [5, 5.41) is 0.201.